The Labute approximate surface area is 105 Å². The molecule has 94 valence electrons. The smallest absolute Gasteiger partial charge is 0.311 e. The van der Waals surface area contributed by atoms with Crippen LogP contribution in [0.4, 0.5) is 5.69 Å². The van der Waals surface area contributed by atoms with Gasteiger partial charge in [0.2, 0.25) is 0 Å². The van der Waals surface area contributed by atoms with E-state index in [0.717, 1.165) is 0 Å². The van der Waals surface area contributed by atoms with Crippen LogP contribution in [0.2, 0.25) is 0 Å². The van der Waals surface area contributed by atoms with Gasteiger partial charge < -0.3 is 4.74 Å². The summed E-state index contributed by atoms with van der Waals surface area (Å²) in [7, 11) is 0. The van der Waals surface area contributed by atoms with Crippen LogP contribution in [0.5, 0.6) is 5.75 Å². The van der Waals surface area contributed by atoms with Crippen molar-refractivity contribution >= 4 is 11.5 Å². The van der Waals surface area contributed by atoms with E-state index in [2.05, 4.69) is 5.92 Å². The molecule has 0 unspecified atom stereocenters. The van der Waals surface area contributed by atoms with Gasteiger partial charge in [-0.2, -0.15) is 0 Å². The van der Waals surface area contributed by atoms with E-state index in [0.29, 0.717) is 0 Å². The Bertz CT molecular complexity index is 540. The summed E-state index contributed by atoms with van der Waals surface area (Å²) in [4.78, 5) is 21.5. The summed E-state index contributed by atoms with van der Waals surface area (Å²) >= 11 is 0. The lowest BCUT2D eigenvalue weighted by Crippen LogP contribution is -2.25. The van der Waals surface area contributed by atoms with E-state index in [4.69, 9.17) is 11.2 Å². The molecule has 1 aromatic rings. The van der Waals surface area contributed by atoms with Crippen LogP contribution in [0.3, 0.4) is 0 Å². The molecule has 0 bridgehead atoms. The number of benzene rings is 1. The highest BCUT2D eigenvalue weighted by molar-refractivity contribution is 5.95. The molecular weight excluding hydrogens is 234 g/mol. The Morgan fingerprint density at radius 1 is 1.50 bits per heavy atom. The number of ketones is 1. The molecule has 0 saturated carbocycles. The van der Waals surface area contributed by atoms with Crippen molar-refractivity contribution in [2.45, 2.75) is 26.4 Å². The van der Waals surface area contributed by atoms with E-state index in [1.807, 2.05) is 0 Å². The van der Waals surface area contributed by atoms with Crippen molar-refractivity contribution in [3.63, 3.8) is 0 Å². The second-order valence-corrected chi connectivity index (χ2v) is 4.25. The number of nitro groups is 1. The number of hydrogen-bond acceptors (Lipinski definition) is 4. The minimum absolute atomic E-state index is 0.0490. The van der Waals surface area contributed by atoms with Gasteiger partial charge in [-0.05, 0) is 32.9 Å². The molecule has 0 aliphatic carbocycles. The lowest BCUT2D eigenvalue weighted by molar-refractivity contribution is -0.386. The van der Waals surface area contributed by atoms with Gasteiger partial charge in [-0.25, -0.2) is 0 Å². The standard InChI is InChI=1S/C13H13NO4/c1-5-13(3,4)18-12-7-6-10(9(2)15)8-11(12)14(16)17/h1,6-8H,2-4H3. The summed E-state index contributed by atoms with van der Waals surface area (Å²) in [6.45, 7) is 4.58. The van der Waals surface area contributed by atoms with Crippen LogP contribution in [-0.2, 0) is 0 Å². The van der Waals surface area contributed by atoms with Crippen molar-refractivity contribution in [1.82, 2.24) is 0 Å². The summed E-state index contributed by atoms with van der Waals surface area (Å²) < 4.78 is 5.39. The van der Waals surface area contributed by atoms with Crippen LogP contribution in [0.25, 0.3) is 0 Å². The average molecular weight is 247 g/mol. The van der Waals surface area contributed by atoms with Gasteiger partial charge in [0.05, 0.1) is 4.92 Å². The number of nitro benzene ring substituents is 1. The SMILES string of the molecule is C#CC(C)(C)Oc1ccc(C(C)=O)cc1[N+](=O)[O-]. The second kappa shape index (κ2) is 4.88. The maximum atomic E-state index is 11.2. The fourth-order valence-electron chi connectivity index (χ4n) is 1.27. The summed E-state index contributed by atoms with van der Waals surface area (Å²) in [6, 6.07) is 4.04. The minimum atomic E-state index is -0.956. The lowest BCUT2D eigenvalue weighted by atomic mass is 10.1. The number of ether oxygens (including phenoxy) is 1. The predicted molar refractivity (Wildman–Crippen MR) is 66.6 cm³/mol. The number of terminal acetylenes is 1. The maximum absolute atomic E-state index is 11.2. The van der Waals surface area contributed by atoms with E-state index >= 15 is 0 Å². The van der Waals surface area contributed by atoms with E-state index in [1.54, 1.807) is 13.8 Å². The van der Waals surface area contributed by atoms with Crippen molar-refractivity contribution in [3.05, 3.63) is 33.9 Å². The molecule has 0 N–H and O–H groups in total. The topological polar surface area (TPSA) is 69.4 Å². The zero-order valence-corrected chi connectivity index (χ0v) is 10.4. The molecular formula is C13H13NO4. The van der Waals surface area contributed by atoms with E-state index < -0.39 is 10.5 Å². The molecule has 0 aliphatic heterocycles. The lowest BCUT2D eigenvalue weighted by Gasteiger charge is -2.20. The number of rotatable bonds is 4. The van der Waals surface area contributed by atoms with Crippen LogP contribution in [-0.4, -0.2) is 16.3 Å². The number of carbonyl (C=O) groups is 1. The molecule has 5 heteroatoms. The quantitative estimate of drug-likeness (QED) is 0.355. The molecule has 0 aromatic heterocycles. The fraction of sp³-hybridized carbons (Fsp3) is 0.308. The first-order valence-electron chi connectivity index (χ1n) is 5.23. The van der Waals surface area contributed by atoms with Gasteiger partial charge in [0.25, 0.3) is 0 Å². The molecule has 0 fully saturated rings. The Hall–Kier alpha value is -2.35. The van der Waals surface area contributed by atoms with E-state index in [1.165, 1.54) is 25.1 Å². The molecule has 0 radical (unpaired) electrons. The van der Waals surface area contributed by atoms with Gasteiger partial charge >= 0.3 is 5.69 Å². The number of hydrogen-bond donors (Lipinski definition) is 0. The van der Waals surface area contributed by atoms with Gasteiger partial charge in [0.15, 0.2) is 17.1 Å². The second-order valence-electron chi connectivity index (χ2n) is 4.25. The molecule has 1 rings (SSSR count). The molecule has 1 aromatic carbocycles. The van der Waals surface area contributed by atoms with Gasteiger partial charge in [-0.3, -0.25) is 14.9 Å². The number of nitrogens with zero attached hydrogens (tertiary/aromatic N) is 1. The summed E-state index contributed by atoms with van der Waals surface area (Å²) in [5.41, 5.74) is -0.971. The molecule has 0 saturated heterocycles. The van der Waals surface area contributed by atoms with E-state index in [-0.39, 0.29) is 22.8 Å². The van der Waals surface area contributed by atoms with Gasteiger partial charge in [-0.1, -0.05) is 5.92 Å². The monoisotopic (exact) mass is 247 g/mol. The summed E-state index contributed by atoms with van der Waals surface area (Å²) in [6.07, 6.45) is 5.26. The number of carbonyl (C=O) groups excluding carboxylic acids is 1. The van der Waals surface area contributed by atoms with Crippen molar-refractivity contribution in [2.75, 3.05) is 0 Å². The van der Waals surface area contributed by atoms with Gasteiger partial charge in [0, 0.05) is 11.6 Å². The van der Waals surface area contributed by atoms with E-state index in [9.17, 15) is 14.9 Å². The summed E-state index contributed by atoms with van der Waals surface area (Å²) in [5.74, 6) is 2.18. The molecule has 0 amide bonds. The third-order valence-corrected chi connectivity index (χ3v) is 2.27. The normalized spacial score (nSPS) is 10.6. The highest BCUT2D eigenvalue weighted by atomic mass is 16.6. The van der Waals surface area contributed by atoms with Crippen molar-refractivity contribution in [3.8, 4) is 18.1 Å². The molecule has 0 spiro atoms. The molecule has 5 nitrogen and oxygen atoms in total. The van der Waals surface area contributed by atoms with Crippen molar-refractivity contribution in [1.29, 1.82) is 0 Å². The molecule has 0 heterocycles. The molecule has 0 atom stereocenters. The average Bonchev–Trinajstić information content (AvgIpc) is 2.28. The zero-order valence-electron chi connectivity index (χ0n) is 10.4. The van der Waals surface area contributed by atoms with Crippen LogP contribution >= 0.6 is 0 Å². The predicted octanol–water partition coefficient (Wildman–Crippen LogP) is 2.59. The van der Waals surface area contributed by atoms with Crippen LogP contribution < -0.4 is 4.74 Å². The summed E-state index contributed by atoms with van der Waals surface area (Å²) in [5, 5.41) is 10.9. The van der Waals surface area contributed by atoms with Crippen LogP contribution in [0.15, 0.2) is 18.2 Å². The van der Waals surface area contributed by atoms with Crippen LogP contribution in [0, 0.1) is 22.5 Å². The molecule has 0 aliphatic rings. The molecule has 18 heavy (non-hydrogen) atoms. The highest BCUT2D eigenvalue weighted by Crippen LogP contribution is 2.30. The Kier molecular flexibility index (Phi) is 3.72. The van der Waals surface area contributed by atoms with Gasteiger partial charge in [-0.15, -0.1) is 6.42 Å². The fourth-order valence-corrected chi connectivity index (χ4v) is 1.27. The van der Waals surface area contributed by atoms with Crippen molar-refractivity contribution < 1.29 is 14.5 Å². The van der Waals surface area contributed by atoms with Crippen LogP contribution in [0.1, 0.15) is 31.1 Å². The third kappa shape index (κ3) is 3.08. The Morgan fingerprint density at radius 3 is 2.56 bits per heavy atom. The number of Topliss-reactive ketones (excluding diaryl/α,β-unsaturated/α-hetero) is 1. The van der Waals surface area contributed by atoms with Crippen molar-refractivity contribution in [2.24, 2.45) is 0 Å². The maximum Gasteiger partial charge on any atom is 0.311 e. The zero-order chi connectivity index (χ0) is 13.9. The highest BCUT2D eigenvalue weighted by Gasteiger charge is 2.23. The van der Waals surface area contributed by atoms with Gasteiger partial charge in [0.1, 0.15) is 0 Å². The largest absolute Gasteiger partial charge is 0.468 e. The first-order chi connectivity index (χ1) is 8.26. The minimum Gasteiger partial charge on any atom is -0.468 e. The Morgan fingerprint density at radius 2 is 2.11 bits per heavy atom. The first-order valence-corrected chi connectivity index (χ1v) is 5.23. The first kappa shape index (κ1) is 13.7. The Balaban J connectivity index is 3.25. The third-order valence-electron chi connectivity index (χ3n) is 2.27.